The van der Waals surface area contributed by atoms with Crippen LogP contribution in [0.1, 0.15) is 42.2 Å². The van der Waals surface area contributed by atoms with Gasteiger partial charge >= 0.3 is 0 Å². The summed E-state index contributed by atoms with van der Waals surface area (Å²) in [6, 6.07) is 6.70. The maximum absolute atomic E-state index is 12.4. The summed E-state index contributed by atoms with van der Waals surface area (Å²) in [5.41, 5.74) is 2.76. The Morgan fingerprint density at radius 3 is 2.76 bits per heavy atom. The lowest BCUT2D eigenvalue weighted by atomic mass is 10.1. The van der Waals surface area contributed by atoms with E-state index in [1.54, 1.807) is 31.4 Å². The third-order valence-electron chi connectivity index (χ3n) is 4.15. The monoisotopic (exact) mass is 415 g/mol. The van der Waals surface area contributed by atoms with Gasteiger partial charge in [-0.25, -0.2) is 0 Å². The Morgan fingerprint density at radius 2 is 2.03 bits per heavy atom. The second-order valence-electron chi connectivity index (χ2n) is 6.28. The van der Waals surface area contributed by atoms with Crippen molar-refractivity contribution in [3.8, 4) is 0 Å². The van der Waals surface area contributed by atoms with Crippen molar-refractivity contribution in [3.63, 3.8) is 0 Å². The lowest BCUT2D eigenvalue weighted by Crippen LogP contribution is -2.26. The molecule has 3 aromatic rings. The SMILES string of the molecule is COCc1nnc(C(=O)Nc2cccc(C(=O)NCCc3c(C)noc3C)c2)s1. The molecule has 0 saturated carbocycles. The molecule has 2 amide bonds. The number of rotatable bonds is 8. The Hall–Kier alpha value is -3.11. The molecule has 10 heteroatoms. The van der Waals surface area contributed by atoms with Gasteiger partial charge in [-0.05, 0) is 38.5 Å². The third kappa shape index (κ3) is 5.24. The summed E-state index contributed by atoms with van der Waals surface area (Å²) < 4.78 is 10.1. The minimum atomic E-state index is -0.388. The van der Waals surface area contributed by atoms with E-state index in [4.69, 9.17) is 9.26 Å². The molecule has 0 aliphatic rings. The average Bonchev–Trinajstić information content (AvgIpc) is 3.30. The van der Waals surface area contributed by atoms with Gasteiger partial charge in [-0.2, -0.15) is 0 Å². The molecule has 2 N–H and O–H groups in total. The van der Waals surface area contributed by atoms with Gasteiger partial charge in [0.1, 0.15) is 10.8 Å². The van der Waals surface area contributed by atoms with E-state index in [-0.39, 0.29) is 16.8 Å². The van der Waals surface area contributed by atoms with E-state index in [1.807, 2.05) is 13.8 Å². The van der Waals surface area contributed by atoms with Crippen LogP contribution in [0, 0.1) is 13.8 Å². The number of anilines is 1. The van der Waals surface area contributed by atoms with Gasteiger partial charge in [0.25, 0.3) is 11.8 Å². The molecule has 0 fully saturated rings. The van der Waals surface area contributed by atoms with Gasteiger partial charge in [0, 0.05) is 30.5 Å². The number of benzene rings is 1. The van der Waals surface area contributed by atoms with Crippen LogP contribution in [0.5, 0.6) is 0 Å². The van der Waals surface area contributed by atoms with Gasteiger partial charge in [-0.3, -0.25) is 9.59 Å². The molecule has 29 heavy (non-hydrogen) atoms. The highest BCUT2D eigenvalue weighted by Gasteiger charge is 2.14. The number of hydrogen-bond donors (Lipinski definition) is 2. The molecule has 1 aromatic carbocycles. The normalized spacial score (nSPS) is 10.7. The van der Waals surface area contributed by atoms with Gasteiger partial charge in [0.05, 0.1) is 12.3 Å². The first-order chi connectivity index (χ1) is 14.0. The zero-order valence-corrected chi connectivity index (χ0v) is 17.1. The van der Waals surface area contributed by atoms with Gasteiger partial charge in [-0.15, -0.1) is 10.2 Å². The maximum Gasteiger partial charge on any atom is 0.286 e. The molecule has 0 aliphatic carbocycles. The summed E-state index contributed by atoms with van der Waals surface area (Å²) in [6.45, 7) is 4.47. The van der Waals surface area contributed by atoms with Crippen molar-refractivity contribution in [2.24, 2.45) is 0 Å². The average molecular weight is 415 g/mol. The lowest BCUT2D eigenvalue weighted by Gasteiger charge is -2.08. The number of amides is 2. The molecule has 3 rings (SSSR count). The Morgan fingerprint density at radius 1 is 1.21 bits per heavy atom. The van der Waals surface area contributed by atoms with Gasteiger partial charge in [-0.1, -0.05) is 22.6 Å². The Kier molecular flexibility index (Phi) is 6.68. The molecular weight excluding hydrogens is 394 g/mol. The van der Waals surface area contributed by atoms with Gasteiger partial charge in [0.15, 0.2) is 0 Å². The first kappa shape index (κ1) is 20.6. The van der Waals surface area contributed by atoms with Crippen LogP contribution in [0.3, 0.4) is 0 Å². The minimum Gasteiger partial charge on any atom is -0.377 e. The van der Waals surface area contributed by atoms with Gasteiger partial charge < -0.3 is 19.9 Å². The number of aromatic nitrogens is 3. The number of hydrogen-bond acceptors (Lipinski definition) is 8. The molecule has 152 valence electrons. The maximum atomic E-state index is 12.4. The van der Waals surface area contributed by atoms with Crippen LogP contribution in [-0.2, 0) is 17.8 Å². The predicted octanol–water partition coefficient (Wildman–Crippen LogP) is 2.51. The van der Waals surface area contributed by atoms with E-state index in [2.05, 4.69) is 26.0 Å². The Bertz CT molecular complexity index is 994. The van der Waals surface area contributed by atoms with Crippen molar-refractivity contribution in [2.45, 2.75) is 26.9 Å². The van der Waals surface area contributed by atoms with Crippen molar-refractivity contribution < 1.29 is 18.8 Å². The fourth-order valence-corrected chi connectivity index (χ4v) is 3.42. The second kappa shape index (κ2) is 9.39. The molecule has 0 spiro atoms. The molecule has 9 nitrogen and oxygen atoms in total. The summed E-state index contributed by atoms with van der Waals surface area (Å²) >= 11 is 1.16. The van der Waals surface area contributed by atoms with Crippen LogP contribution < -0.4 is 10.6 Å². The van der Waals surface area contributed by atoms with E-state index >= 15 is 0 Å². The fraction of sp³-hybridized carbons (Fsp3) is 0.316. The highest BCUT2D eigenvalue weighted by Crippen LogP contribution is 2.16. The molecule has 0 radical (unpaired) electrons. The predicted molar refractivity (Wildman–Crippen MR) is 107 cm³/mol. The van der Waals surface area contributed by atoms with Crippen LogP contribution in [0.4, 0.5) is 5.69 Å². The molecule has 0 bridgehead atoms. The molecule has 0 aliphatic heterocycles. The highest BCUT2D eigenvalue weighted by atomic mass is 32.1. The van der Waals surface area contributed by atoms with E-state index in [9.17, 15) is 9.59 Å². The Labute approximate surface area is 171 Å². The van der Waals surface area contributed by atoms with Crippen LogP contribution in [0.25, 0.3) is 0 Å². The largest absolute Gasteiger partial charge is 0.377 e. The number of aryl methyl sites for hydroxylation is 2. The smallest absolute Gasteiger partial charge is 0.286 e. The van der Waals surface area contributed by atoms with Crippen molar-refractivity contribution in [3.05, 3.63) is 56.9 Å². The number of ether oxygens (including phenoxy) is 1. The van der Waals surface area contributed by atoms with Crippen LogP contribution in [0.2, 0.25) is 0 Å². The number of carbonyl (C=O) groups is 2. The minimum absolute atomic E-state index is 0.228. The summed E-state index contributed by atoms with van der Waals surface area (Å²) in [6.07, 6.45) is 0.629. The van der Waals surface area contributed by atoms with Crippen molar-refractivity contribution in [2.75, 3.05) is 19.0 Å². The van der Waals surface area contributed by atoms with Crippen LogP contribution in [-0.4, -0.2) is 40.8 Å². The van der Waals surface area contributed by atoms with E-state index in [1.165, 1.54) is 0 Å². The molecule has 0 atom stereocenters. The molecule has 2 aromatic heterocycles. The summed E-state index contributed by atoms with van der Waals surface area (Å²) in [4.78, 5) is 24.7. The van der Waals surface area contributed by atoms with Crippen molar-refractivity contribution in [1.29, 1.82) is 0 Å². The fourth-order valence-electron chi connectivity index (χ4n) is 2.71. The third-order valence-corrected chi connectivity index (χ3v) is 5.05. The first-order valence-corrected chi connectivity index (χ1v) is 9.72. The molecule has 2 heterocycles. The topological polar surface area (TPSA) is 119 Å². The number of methoxy groups -OCH3 is 1. The van der Waals surface area contributed by atoms with E-state index in [0.717, 1.165) is 28.4 Å². The van der Waals surface area contributed by atoms with Crippen LogP contribution in [0.15, 0.2) is 28.8 Å². The van der Waals surface area contributed by atoms with Crippen molar-refractivity contribution >= 4 is 28.8 Å². The summed E-state index contributed by atoms with van der Waals surface area (Å²) in [5, 5.41) is 18.1. The van der Waals surface area contributed by atoms with E-state index in [0.29, 0.717) is 35.8 Å². The molecule has 0 unspecified atom stereocenters. The Balaban J connectivity index is 1.58. The second-order valence-corrected chi connectivity index (χ2v) is 7.34. The summed E-state index contributed by atoms with van der Waals surface area (Å²) in [5.74, 6) is 0.138. The van der Waals surface area contributed by atoms with E-state index < -0.39 is 0 Å². The summed E-state index contributed by atoms with van der Waals surface area (Å²) in [7, 11) is 1.55. The molecule has 0 saturated heterocycles. The van der Waals surface area contributed by atoms with Gasteiger partial charge in [0.2, 0.25) is 5.01 Å². The van der Waals surface area contributed by atoms with Crippen molar-refractivity contribution in [1.82, 2.24) is 20.7 Å². The van der Waals surface area contributed by atoms with Crippen LogP contribution >= 0.6 is 11.3 Å². The lowest BCUT2D eigenvalue weighted by molar-refractivity contribution is 0.0952. The number of nitrogens with zero attached hydrogens (tertiary/aromatic N) is 3. The first-order valence-electron chi connectivity index (χ1n) is 8.90. The number of carbonyl (C=O) groups excluding carboxylic acids is 2. The quantitative estimate of drug-likeness (QED) is 0.580. The molecular formula is C19H21N5O4S. The highest BCUT2D eigenvalue weighted by molar-refractivity contribution is 7.13. The number of nitrogens with one attached hydrogen (secondary N) is 2. The zero-order valence-electron chi connectivity index (χ0n) is 16.3. The standard InChI is InChI=1S/C19H21N5O4S/c1-11-15(12(2)28-24-11)7-8-20-17(25)13-5-4-6-14(9-13)21-18(26)19-23-22-16(29-19)10-27-3/h4-6,9H,7-8,10H2,1-3H3,(H,20,25)(H,21,26). The zero-order chi connectivity index (χ0) is 20.8.